The number of carbonyl (C=O) groups is 1. The average Bonchev–Trinajstić information content (AvgIpc) is 2.37. The van der Waals surface area contributed by atoms with E-state index in [1.165, 1.54) is 6.92 Å². The van der Waals surface area contributed by atoms with Crippen LogP contribution in [0.3, 0.4) is 0 Å². The molecule has 0 heterocycles. The molecular formula is C13H14FNO4S. The maximum Gasteiger partial charge on any atom is 0.338 e. The summed E-state index contributed by atoms with van der Waals surface area (Å²) >= 11 is 0. The van der Waals surface area contributed by atoms with E-state index in [9.17, 15) is 17.6 Å². The van der Waals surface area contributed by atoms with Gasteiger partial charge >= 0.3 is 5.97 Å². The van der Waals surface area contributed by atoms with E-state index < -0.39 is 27.4 Å². The van der Waals surface area contributed by atoms with Crippen molar-refractivity contribution < 1.29 is 22.7 Å². The number of rotatable bonds is 5. The van der Waals surface area contributed by atoms with Gasteiger partial charge in [0.25, 0.3) is 0 Å². The monoisotopic (exact) mass is 299 g/mol. The lowest BCUT2D eigenvalue weighted by atomic mass is 10.1. The Labute approximate surface area is 116 Å². The molecule has 1 aromatic rings. The summed E-state index contributed by atoms with van der Waals surface area (Å²) in [5.41, 5.74) is -0.711. The SMILES string of the molecule is CC#CCCNS(=O)(=O)c1cc(C)c(F)c(C(=O)O)c1. The van der Waals surface area contributed by atoms with Crippen molar-refractivity contribution >= 4 is 16.0 Å². The Morgan fingerprint density at radius 1 is 1.45 bits per heavy atom. The maximum absolute atomic E-state index is 13.6. The number of hydrogen-bond acceptors (Lipinski definition) is 3. The Hall–Kier alpha value is -1.91. The van der Waals surface area contributed by atoms with Crippen molar-refractivity contribution in [3.05, 3.63) is 29.1 Å². The smallest absolute Gasteiger partial charge is 0.338 e. The second-order valence-corrected chi connectivity index (χ2v) is 5.75. The van der Waals surface area contributed by atoms with E-state index in [1.807, 2.05) is 0 Å². The molecule has 0 radical (unpaired) electrons. The van der Waals surface area contributed by atoms with Crippen LogP contribution in [0.25, 0.3) is 0 Å². The van der Waals surface area contributed by atoms with Crippen molar-refractivity contribution in [2.75, 3.05) is 6.54 Å². The number of aryl methyl sites for hydroxylation is 1. The minimum Gasteiger partial charge on any atom is -0.478 e. The summed E-state index contributed by atoms with van der Waals surface area (Å²) in [6.07, 6.45) is 0.335. The molecule has 1 rings (SSSR count). The third kappa shape index (κ3) is 3.79. The molecule has 0 unspecified atom stereocenters. The van der Waals surface area contributed by atoms with Gasteiger partial charge < -0.3 is 5.11 Å². The number of nitrogens with one attached hydrogen (secondary N) is 1. The lowest BCUT2D eigenvalue weighted by molar-refractivity contribution is 0.0691. The van der Waals surface area contributed by atoms with E-state index in [-0.39, 0.29) is 17.0 Å². The lowest BCUT2D eigenvalue weighted by Gasteiger charge is -2.08. The van der Waals surface area contributed by atoms with E-state index >= 15 is 0 Å². The predicted molar refractivity (Wildman–Crippen MR) is 71.4 cm³/mol. The van der Waals surface area contributed by atoms with Gasteiger partial charge in [0.05, 0.1) is 10.5 Å². The number of carboxylic acid groups (broad SMARTS) is 1. The van der Waals surface area contributed by atoms with Crippen molar-refractivity contribution in [2.24, 2.45) is 0 Å². The first-order valence-electron chi connectivity index (χ1n) is 5.72. The van der Waals surface area contributed by atoms with Gasteiger partial charge in [0, 0.05) is 13.0 Å². The zero-order chi connectivity index (χ0) is 15.3. The van der Waals surface area contributed by atoms with Crippen LogP contribution < -0.4 is 4.72 Å². The summed E-state index contributed by atoms with van der Waals surface area (Å²) in [4.78, 5) is 10.6. The molecule has 0 saturated carbocycles. The molecule has 0 saturated heterocycles. The highest BCUT2D eigenvalue weighted by molar-refractivity contribution is 7.89. The first-order valence-corrected chi connectivity index (χ1v) is 7.20. The van der Waals surface area contributed by atoms with Crippen LogP contribution >= 0.6 is 0 Å². The molecule has 2 N–H and O–H groups in total. The molecule has 0 aliphatic rings. The molecule has 7 heteroatoms. The number of hydrogen-bond donors (Lipinski definition) is 2. The molecule has 0 aliphatic carbocycles. The van der Waals surface area contributed by atoms with Crippen LogP contribution in [-0.2, 0) is 10.0 Å². The Balaban J connectivity index is 3.11. The summed E-state index contributed by atoms with van der Waals surface area (Å²) in [7, 11) is -3.88. The molecule has 0 bridgehead atoms. The Kier molecular flexibility index (Phi) is 5.25. The van der Waals surface area contributed by atoms with Gasteiger partial charge in [-0.2, -0.15) is 0 Å². The molecule has 0 aromatic heterocycles. The van der Waals surface area contributed by atoms with E-state index in [2.05, 4.69) is 16.6 Å². The van der Waals surface area contributed by atoms with Gasteiger partial charge in [-0.1, -0.05) is 0 Å². The number of carboxylic acids is 1. The zero-order valence-electron chi connectivity index (χ0n) is 11.0. The summed E-state index contributed by atoms with van der Waals surface area (Å²) in [5, 5.41) is 8.85. The number of aromatic carboxylic acids is 1. The standard InChI is InChI=1S/C13H14FNO4S/c1-3-4-5-6-15-20(18,19)10-7-9(2)12(14)11(8-10)13(16)17/h7-8,15H,5-6H2,1-2H3,(H,16,17). The van der Waals surface area contributed by atoms with Crippen molar-refractivity contribution in [1.29, 1.82) is 0 Å². The van der Waals surface area contributed by atoms with E-state index in [1.54, 1.807) is 6.92 Å². The van der Waals surface area contributed by atoms with Gasteiger partial charge in [-0.05, 0) is 31.5 Å². The lowest BCUT2D eigenvalue weighted by Crippen LogP contribution is -2.25. The van der Waals surface area contributed by atoms with Crippen LogP contribution in [0.2, 0.25) is 0 Å². The topological polar surface area (TPSA) is 83.5 Å². The van der Waals surface area contributed by atoms with Crippen LogP contribution in [0.15, 0.2) is 17.0 Å². The minimum atomic E-state index is -3.88. The summed E-state index contributed by atoms with van der Waals surface area (Å²) in [5.74, 6) is 2.86. The predicted octanol–water partition coefficient (Wildman–Crippen LogP) is 1.52. The third-order valence-corrected chi connectivity index (χ3v) is 3.93. The molecule has 0 fully saturated rings. The van der Waals surface area contributed by atoms with Crippen LogP contribution in [0, 0.1) is 24.6 Å². The average molecular weight is 299 g/mol. The van der Waals surface area contributed by atoms with Crippen LogP contribution in [0.4, 0.5) is 4.39 Å². The van der Waals surface area contributed by atoms with Crippen molar-refractivity contribution in [3.8, 4) is 11.8 Å². The number of benzene rings is 1. The highest BCUT2D eigenvalue weighted by Crippen LogP contribution is 2.19. The molecule has 1 aromatic carbocycles. The van der Waals surface area contributed by atoms with Crippen LogP contribution in [0.5, 0.6) is 0 Å². The first-order chi connectivity index (χ1) is 9.29. The molecule has 20 heavy (non-hydrogen) atoms. The molecule has 5 nitrogen and oxygen atoms in total. The van der Waals surface area contributed by atoms with Gasteiger partial charge in [0.2, 0.25) is 10.0 Å². The molecule has 0 atom stereocenters. The quantitative estimate of drug-likeness (QED) is 0.638. The molecule has 0 aliphatic heterocycles. The zero-order valence-corrected chi connectivity index (χ0v) is 11.8. The first kappa shape index (κ1) is 16.1. The van der Waals surface area contributed by atoms with Crippen molar-refractivity contribution in [1.82, 2.24) is 4.72 Å². The molecule has 0 spiro atoms. The van der Waals surface area contributed by atoms with E-state index in [0.717, 1.165) is 12.1 Å². The second-order valence-electron chi connectivity index (χ2n) is 3.98. The Morgan fingerprint density at radius 2 is 2.10 bits per heavy atom. The van der Waals surface area contributed by atoms with Crippen molar-refractivity contribution in [2.45, 2.75) is 25.2 Å². The third-order valence-electron chi connectivity index (χ3n) is 2.49. The maximum atomic E-state index is 13.6. The van der Waals surface area contributed by atoms with Crippen LogP contribution in [0.1, 0.15) is 29.3 Å². The summed E-state index contributed by atoms with van der Waals surface area (Å²) in [6.45, 7) is 3.04. The fourth-order valence-corrected chi connectivity index (χ4v) is 2.65. The van der Waals surface area contributed by atoms with E-state index in [4.69, 9.17) is 5.11 Å². The Bertz CT molecular complexity index is 686. The van der Waals surface area contributed by atoms with Gasteiger partial charge in [-0.25, -0.2) is 22.3 Å². The normalized spacial score (nSPS) is 10.8. The molecule has 0 amide bonds. The highest BCUT2D eigenvalue weighted by atomic mass is 32.2. The Morgan fingerprint density at radius 3 is 2.65 bits per heavy atom. The number of sulfonamides is 1. The fraction of sp³-hybridized carbons (Fsp3) is 0.308. The summed E-state index contributed by atoms with van der Waals surface area (Å²) < 4.78 is 39.8. The van der Waals surface area contributed by atoms with Gasteiger partial charge in [-0.15, -0.1) is 11.8 Å². The number of halogens is 1. The molecule has 108 valence electrons. The summed E-state index contributed by atoms with van der Waals surface area (Å²) in [6, 6.07) is 1.90. The minimum absolute atomic E-state index is 0.0429. The van der Waals surface area contributed by atoms with Gasteiger partial charge in [0.1, 0.15) is 5.82 Å². The van der Waals surface area contributed by atoms with Gasteiger partial charge in [-0.3, -0.25) is 0 Å². The van der Waals surface area contributed by atoms with Crippen LogP contribution in [-0.4, -0.2) is 26.0 Å². The highest BCUT2D eigenvalue weighted by Gasteiger charge is 2.20. The van der Waals surface area contributed by atoms with Crippen molar-refractivity contribution in [3.63, 3.8) is 0 Å². The fourth-order valence-electron chi connectivity index (χ4n) is 1.50. The molecular weight excluding hydrogens is 285 g/mol. The second kappa shape index (κ2) is 6.50. The van der Waals surface area contributed by atoms with E-state index in [0.29, 0.717) is 6.42 Å². The van der Waals surface area contributed by atoms with Gasteiger partial charge in [0.15, 0.2) is 0 Å². The largest absolute Gasteiger partial charge is 0.478 e.